The molecule has 0 amide bonds. The molecular formula is C13H14N4O2S. The van der Waals surface area contributed by atoms with E-state index in [0.29, 0.717) is 16.6 Å². The summed E-state index contributed by atoms with van der Waals surface area (Å²) in [4.78, 5) is 0. The van der Waals surface area contributed by atoms with Crippen molar-refractivity contribution >= 4 is 29.8 Å². The van der Waals surface area contributed by atoms with Gasteiger partial charge in [0.15, 0.2) is 0 Å². The number of nitrogens with zero attached hydrogens (tertiary/aromatic N) is 4. The summed E-state index contributed by atoms with van der Waals surface area (Å²) in [7, 11) is 3.47. The van der Waals surface area contributed by atoms with Crippen LogP contribution < -0.4 is 0 Å². The molecule has 0 unspecified atom stereocenters. The second kappa shape index (κ2) is 6.67. The summed E-state index contributed by atoms with van der Waals surface area (Å²) in [6.45, 7) is 0. The molecule has 20 heavy (non-hydrogen) atoms. The van der Waals surface area contributed by atoms with Gasteiger partial charge in [-0.3, -0.25) is 0 Å². The van der Waals surface area contributed by atoms with Crippen LogP contribution in [0.2, 0.25) is 0 Å². The normalized spacial score (nSPS) is 11.3. The minimum absolute atomic E-state index is 0.440. The number of rotatable bonds is 4. The Morgan fingerprint density at radius 2 is 1.45 bits per heavy atom. The predicted molar refractivity (Wildman–Crippen MR) is 80.7 cm³/mol. The number of hydrazone groups is 2. The molecule has 0 bridgehead atoms. The highest BCUT2D eigenvalue weighted by atomic mass is 32.1. The second-order valence-corrected chi connectivity index (χ2v) is 4.21. The van der Waals surface area contributed by atoms with Crippen molar-refractivity contribution < 1.29 is 8.83 Å². The molecule has 2 heterocycles. The molecule has 0 saturated heterocycles. The zero-order chi connectivity index (χ0) is 14.4. The van der Waals surface area contributed by atoms with E-state index in [1.54, 1.807) is 63.3 Å². The lowest BCUT2D eigenvalue weighted by Gasteiger charge is -2.19. The minimum Gasteiger partial charge on any atom is -0.463 e. The molecule has 0 radical (unpaired) electrons. The van der Waals surface area contributed by atoms with E-state index in [9.17, 15) is 0 Å². The Balaban J connectivity index is 1.92. The van der Waals surface area contributed by atoms with E-state index < -0.39 is 0 Å². The fourth-order valence-electron chi connectivity index (χ4n) is 1.32. The monoisotopic (exact) mass is 290 g/mol. The summed E-state index contributed by atoms with van der Waals surface area (Å²) in [5, 5.41) is 11.8. The number of hydrogen-bond acceptors (Lipinski definition) is 5. The fourth-order valence-corrected chi connectivity index (χ4v) is 1.42. The molecule has 0 fully saturated rings. The second-order valence-electron chi connectivity index (χ2n) is 3.85. The fraction of sp³-hybridized carbons (Fsp3) is 0.154. The Kier molecular flexibility index (Phi) is 4.67. The van der Waals surface area contributed by atoms with Gasteiger partial charge in [-0.15, -0.1) is 0 Å². The minimum atomic E-state index is 0.440. The highest BCUT2D eigenvalue weighted by Crippen LogP contribution is 2.01. The predicted octanol–water partition coefficient (Wildman–Crippen LogP) is 2.39. The summed E-state index contributed by atoms with van der Waals surface area (Å²) in [6.07, 6.45) is 6.33. The van der Waals surface area contributed by atoms with E-state index in [1.807, 2.05) is 0 Å². The van der Waals surface area contributed by atoms with Gasteiger partial charge in [0, 0.05) is 14.1 Å². The highest BCUT2D eigenvalue weighted by molar-refractivity contribution is 7.80. The lowest BCUT2D eigenvalue weighted by atomic mass is 10.5. The lowest BCUT2D eigenvalue weighted by molar-refractivity contribution is 0.430. The molecule has 104 valence electrons. The molecule has 6 nitrogen and oxygen atoms in total. The average Bonchev–Trinajstić information content (AvgIpc) is 3.14. The molecular weight excluding hydrogens is 276 g/mol. The number of thiocarbonyl (C=S) groups is 1. The largest absolute Gasteiger partial charge is 0.463 e. The Morgan fingerprint density at radius 1 is 1.00 bits per heavy atom. The van der Waals surface area contributed by atoms with Crippen molar-refractivity contribution in [2.75, 3.05) is 14.1 Å². The molecule has 0 aliphatic rings. The van der Waals surface area contributed by atoms with Crippen molar-refractivity contribution in [2.24, 2.45) is 10.2 Å². The van der Waals surface area contributed by atoms with Crippen molar-refractivity contribution in [1.29, 1.82) is 0 Å². The molecule has 0 aliphatic heterocycles. The quantitative estimate of drug-likeness (QED) is 0.491. The summed E-state index contributed by atoms with van der Waals surface area (Å²) >= 11 is 5.25. The third-order valence-electron chi connectivity index (χ3n) is 2.36. The first kappa shape index (κ1) is 14.0. The van der Waals surface area contributed by atoms with Gasteiger partial charge < -0.3 is 8.83 Å². The molecule has 7 heteroatoms. The van der Waals surface area contributed by atoms with Gasteiger partial charge in [0.2, 0.25) is 5.11 Å². The Hall–Kier alpha value is -2.41. The van der Waals surface area contributed by atoms with Crippen LogP contribution in [0.15, 0.2) is 55.8 Å². The third-order valence-corrected chi connectivity index (χ3v) is 2.88. The number of hydrogen-bond donors (Lipinski definition) is 0. The van der Waals surface area contributed by atoms with Crippen molar-refractivity contribution in [3.63, 3.8) is 0 Å². The molecule has 0 aliphatic carbocycles. The Morgan fingerprint density at radius 3 is 1.80 bits per heavy atom. The van der Waals surface area contributed by atoms with Gasteiger partial charge in [-0.2, -0.15) is 10.2 Å². The SMILES string of the molecule is CN(/N=C/c1ccco1)C(=S)N(C)/N=C/c1ccco1. The van der Waals surface area contributed by atoms with Crippen LogP contribution in [-0.2, 0) is 0 Å². The van der Waals surface area contributed by atoms with Crippen LogP contribution in [0, 0.1) is 0 Å². The van der Waals surface area contributed by atoms with Crippen molar-refractivity contribution in [2.45, 2.75) is 0 Å². The molecule has 2 aromatic rings. The standard InChI is InChI=1S/C13H14N4O2S/c1-16(14-9-11-5-3-7-18-11)13(20)17(2)15-10-12-6-4-8-19-12/h3-10H,1-2H3/b14-9+,15-10+. The lowest BCUT2D eigenvalue weighted by Crippen LogP contribution is -2.32. The van der Waals surface area contributed by atoms with Crippen molar-refractivity contribution in [3.05, 3.63) is 48.3 Å². The maximum Gasteiger partial charge on any atom is 0.212 e. The molecule has 0 atom stereocenters. The third kappa shape index (κ3) is 3.79. The molecule has 0 saturated carbocycles. The van der Waals surface area contributed by atoms with E-state index in [0.717, 1.165) is 0 Å². The highest BCUT2D eigenvalue weighted by Gasteiger charge is 2.07. The van der Waals surface area contributed by atoms with Gasteiger partial charge in [0.1, 0.15) is 11.5 Å². The van der Waals surface area contributed by atoms with E-state index in [4.69, 9.17) is 21.1 Å². The first-order valence-corrected chi connectivity index (χ1v) is 6.24. The molecule has 0 spiro atoms. The van der Waals surface area contributed by atoms with Crippen LogP contribution in [0.1, 0.15) is 11.5 Å². The van der Waals surface area contributed by atoms with Gasteiger partial charge in [-0.05, 0) is 36.5 Å². The van der Waals surface area contributed by atoms with Crippen LogP contribution in [0.3, 0.4) is 0 Å². The van der Waals surface area contributed by atoms with E-state index >= 15 is 0 Å². The topological polar surface area (TPSA) is 57.5 Å². The van der Waals surface area contributed by atoms with Gasteiger partial charge in [-0.1, -0.05) is 0 Å². The van der Waals surface area contributed by atoms with E-state index in [1.165, 1.54) is 10.0 Å². The Bertz CT molecular complexity index is 538. The van der Waals surface area contributed by atoms with Crippen LogP contribution in [0.4, 0.5) is 0 Å². The Labute approximate surface area is 122 Å². The first-order valence-electron chi connectivity index (χ1n) is 5.83. The average molecular weight is 290 g/mol. The summed E-state index contributed by atoms with van der Waals surface area (Å²) < 4.78 is 10.3. The summed E-state index contributed by atoms with van der Waals surface area (Å²) in [6, 6.07) is 7.19. The maximum atomic E-state index is 5.25. The van der Waals surface area contributed by atoms with Gasteiger partial charge in [0.25, 0.3) is 0 Å². The smallest absolute Gasteiger partial charge is 0.212 e. The zero-order valence-corrected chi connectivity index (χ0v) is 11.9. The molecule has 2 rings (SSSR count). The van der Waals surface area contributed by atoms with Crippen LogP contribution in [-0.4, -0.2) is 41.7 Å². The van der Waals surface area contributed by atoms with Crippen LogP contribution >= 0.6 is 12.2 Å². The summed E-state index contributed by atoms with van der Waals surface area (Å²) in [5.74, 6) is 1.31. The van der Waals surface area contributed by atoms with Crippen molar-refractivity contribution in [3.8, 4) is 0 Å². The molecule has 0 aromatic carbocycles. The van der Waals surface area contributed by atoms with Crippen LogP contribution in [0.5, 0.6) is 0 Å². The van der Waals surface area contributed by atoms with Crippen LogP contribution in [0.25, 0.3) is 0 Å². The van der Waals surface area contributed by atoms with E-state index in [2.05, 4.69) is 10.2 Å². The van der Waals surface area contributed by atoms with Crippen molar-refractivity contribution in [1.82, 2.24) is 10.0 Å². The van der Waals surface area contributed by atoms with Gasteiger partial charge in [0.05, 0.1) is 25.0 Å². The summed E-state index contributed by atoms with van der Waals surface area (Å²) in [5.41, 5.74) is 0. The molecule has 0 N–H and O–H groups in total. The first-order chi connectivity index (χ1) is 9.66. The van der Waals surface area contributed by atoms with E-state index in [-0.39, 0.29) is 0 Å². The number of furan rings is 2. The maximum absolute atomic E-state index is 5.25. The molecule has 2 aromatic heterocycles. The van der Waals surface area contributed by atoms with Gasteiger partial charge >= 0.3 is 0 Å². The van der Waals surface area contributed by atoms with Gasteiger partial charge in [-0.25, -0.2) is 10.0 Å². The zero-order valence-electron chi connectivity index (χ0n) is 11.1.